The van der Waals surface area contributed by atoms with E-state index in [1.54, 1.807) is 0 Å². The van der Waals surface area contributed by atoms with Crippen LogP contribution >= 0.6 is 0 Å². The minimum atomic E-state index is 0.502. The zero-order chi connectivity index (χ0) is 6.85. The first-order valence-corrected chi connectivity index (χ1v) is 3.45. The molecule has 1 aromatic heterocycles. The van der Waals surface area contributed by atoms with Gasteiger partial charge in [0.05, 0.1) is 6.33 Å². The van der Waals surface area contributed by atoms with Gasteiger partial charge < -0.3 is 4.57 Å². The van der Waals surface area contributed by atoms with Crippen LogP contribution in [0, 0.1) is 0 Å². The van der Waals surface area contributed by atoms with Gasteiger partial charge in [-0.15, -0.1) is 0 Å². The van der Waals surface area contributed by atoms with E-state index in [4.69, 9.17) is 0 Å². The third kappa shape index (κ3) is 1.42. The lowest BCUT2D eigenvalue weighted by molar-refractivity contribution is 0.600. The minimum absolute atomic E-state index is 0.502. The Morgan fingerprint density at radius 2 is 2.33 bits per heavy atom. The minimum Gasteiger partial charge on any atom is -0.335 e. The van der Waals surface area contributed by atoms with Gasteiger partial charge in [-0.3, -0.25) is 0 Å². The van der Waals surface area contributed by atoms with Crippen molar-refractivity contribution in [1.29, 1.82) is 0 Å². The molecule has 0 atom stereocenters. The SMILES string of the molecule is CC(C)n1cnc([Si])c1. The van der Waals surface area contributed by atoms with Crippen molar-refractivity contribution in [2.24, 2.45) is 0 Å². The van der Waals surface area contributed by atoms with Crippen LogP contribution in [-0.4, -0.2) is 19.8 Å². The van der Waals surface area contributed by atoms with Crippen molar-refractivity contribution in [1.82, 2.24) is 9.55 Å². The predicted molar refractivity (Wildman–Crippen MR) is 38.0 cm³/mol. The Balaban J connectivity index is 2.85. The number of rotatable bonds is 1. The summed E-state index contributed by atoms with van der Waals surface area (Å²) in [6.07, 6.45) is 3.77. The highest BCUT2D eigenvalue weighted by Gasteiger charge is 1.95. The zero-order valence-corrected chi connectivity index (χ0v) is 6.63. The molecule has 2 nitrogen and oxygen atoms in total. The first-order chi connectivity index (χ1) is 4.20. The van der Waals surface area contributed by atoms with E-state index in [9.17, 15) is 0 Å². The van der Waals surface area contributed by atoms with E-state index in [2.05, 4.69) is 29.1 Å². The standard InChI is InChI=1S/C6H9N2Si/c1-5(2)8-3-6(9)7-4-8/h3-5H,1-2H3. The van der Waals surface area contributed by atoms with E-state index in [0.717, 1.165) is 5.32 Å². The lowest BCUT2D eigenvalue weighted by Gasteiger charge is -2.03. The van der Waals surface area contributed by atoms with Crippen LogP contribution in [0.4, 0.5) is 0 Å². The molecule has 0 amide bonds. The van der Waals surface area contributed by atoms with Crippen molar-refractivity contribution in [2.75, 3.05) is 0 Å². The molecule has 0 spiro atoms. The summed E-state index contributed by atoms with van der Waals surface area (Å²) in [7, 11) is 3.32. The van der Waals surface area contributed by atoms with Crippen LogP contribution in [0.3, 0.4) is 0 Å². The van der Waals surface area contributed by atoms with Crippen molar-refractivity contribution in [3.63, 3.8) is 0 Å². The van der Waals surface area contributed by atoms with Crippen molar-refractivity contribution in [3.8, 4) is 0 Å². The van der Waals surface area contributed by atoms with E-state index in [-0.39, 0.29) is 0 Å². The quantitative estimate of drug-likeness (QED) is 0.508. The van der Waals surface area contributed by atoms with Crippen molar-refractivity contribution < 1.29 is 0 Å². The molecule has 3 radical (unpaired) electrons. The highest BCUT2D eigenvalue weighted by molar-refractivity contribution is 6.30. The van der Waals surface area contributed by atoms with E-state index in [1.165, 1.54) is 0 Å². The maximum Gasteiger partial charge on any atom is 0.102 e. The van der Waals surface area contributed by atoms with Crippen LogP contribution in [0.2, 0.25) is 0 Å². The van der Waals surface area contributed by atoms with Crippen LogP contribution in [0.1, 0.15) is 19.9 Å². The van der Waals surface area contributed by atoms with E-state index >= 15 is 0 Å². The molecule has 9 heavy (non-hydrogen) atoms. The normalized spacial score (nSPS) is 10.7. The van der Waals surface area contributed by atoms with Gasteiger partial charge in [0.2, 0.25) is 0 Å². The summed E-state index contributed by atoms with van der Waals surface area (Å²) in [4.78, 5) is 4.01. The second kappa shape index (κ2) is 2.35. The molecule has 3 heteroatoms. The fourth-order valence-electron chi connectivity index (χ4n) is 0.619. The molecule has 0 fully saturated rings. The summed E-state index contributed by atoms with van der Waals surface area (Å²) in [5, 5.41) is 0.892. The van der Waals surface area contributed by atoms with Gasteiger partial charge in [-0.2, -0.15) is 0 Å². The number of hydrogen-bond acceptors (Lipinski definition) is 1. The Morgan fingerprint density at radius 3 is 2.56 bits per heavy atom. The van der Waals surface area contributed by atoms with E-state index < -0.39 is 0 Å². The van der Waals surface area contributed by atoms with Gasteiger partial charge in [0.1, 0.15) is 10.2 Å². The van der Waals surface area contributed by atoms with Crippen molar-refractivity contribution in [2.45, 2.75) is 19.9 Å². The first-order valence-electron chi connectivity index (χ1n) is 2.95. The Hall–Kier alpha value is -0.573. The third-order valence-electron chi connectivity index (χ3n) is 1.20. The molecule has 0 N–H and O–H groups in total. The lowest BCUT2D eigenvalue weighted by atomic mass is 10.4. The van der Waals surface area contributed by atoms with Crippen molar-refractivity contribution >= 4 is 15.6 Å². The zero-order valence-electron chi connectivity index (χ0n) is 5.63. The lowest BCUT2D eigenvalue weighted by Crippen LogP contribution is -2.02. The maximum atomic E-state index is 4.01. The molecular formula is C6H9N2Si. The molecule has 0 saturated carbocycles. The van der Waals surface area contributed by atoms with Gasteiger partial charge >= 0.3 is 0 Å². The Kier molecular flexibility index (Phi) is 1.71. The Morgan fingerprint density at radius 1 is 1.67 bits per heavy atom. The number of nitrogens with zero attached hydrogens (tertiary/aromatic N) is 2. The second-order valence-corrected chi connectivity index (χ2v) is 2.81. The molecule has 1 rings (SSSR count). The van der Waals surface area contributed by atoms with E-state index in [0.29, 0.717) is 6.04 Å². The molecule has 0 saturated heterocycles. The second-order valence-electron chi connectivity index (χ2n) is 2.30. The molecule has 1 aromatic rings. The van der Waals surface area contributed by atoms with Crippen LogP contribution in [0.15, 0.2) is 12.5 Å². The molecule has 0 aromatic carbocycles. The number of imidazole rings is 1. The Labute approximate surface area is 58.3 Å². The first kappa shape index (κ1) is 6.55. The fourth-order valence-corrected chi connectivity index (χ4v) is 0.826. The number of hydrogen-bond donors (Lipinski definition) is 0. The van der Waals surface area contributed by atoms with Gasteiger partial charge in [0, 0.05) is 17.6 Å². The van der Waals surface area contributed by atoms with Gasteiger partial charge in [0.25, 0.3) is 0 Å². The topological polar surface area (TPSA) is 17.8 Å². The fraction of sp³-hybridized carbons (Fsp3) is 0.500. The summed E-state index contributed by atoms with van der Waals surface area (Å²) in [5.41, 5.74) is 0. The average molecular weight is 137 g/mol. The summed E-state index contributed by atoms with van der Waals surface area (Å²) < 4.78 is 2.04. The molecule has 0 bridgehead atoms. The van der Waals surface area contributed by atoms with Gasteiger partial charge in [-0.05, 0) is 13.8 Å². The predicted octanol–water partition coefficient (Wildman–Crippen LogP) is 0.258. The molecule has 0 aliphatic heterocycles. The average Bonchev–Trinajstić information content (AvgIpc) is 2.14. The summed E-state index contributed by atoms with van der Waals surface area (Å²) in [6, 6.07) is 0.502. The van der Waals surface area contributed by atoms with E-state index in [1.807, 2.05) is 17.1 Å². The van der Waals surface area contributed by atoms with Crippen LogP contribution < -0.4 is 5.32 Å². The maximum absolute atomic E-state index is 4.01. The highest BCUT2D eigenvalue weighted by Crippen LogP contribution is 1.98. The summed E-state index contributed by atoms with van der Waals surface area (Å²) in [6.45, 7) is 4.24. The van der Waals surface area contributed by atoms with Gasteiger partial charge in [-0.25, -0.2) is 4.98 Å². The molecule has 1 heterocycles. The van der Waals surface area contributed by atoms with Crippen LogP contribution in [0.25, 0.3) is 0 Å². The van der Waals surface area contributed by atoms with Crippen molar-refractivity contribution in [3.05, 3.63) is 12.5 Å². The Bertz CT molecular complexity index is 193. The molecule has 0 aliphatic rings. The summed E-state index contributed by atoms with van der Waals surface area (Å²) >= 11 is 0. The smallest absolute Gasteiger partial charge is 0.102 e. The van der Waals surface area contributed by atoms with Crippen LogP contribution in [0.5, 0.6) is 0 Å². The highest BCUT2D eigenvalue weighted by atomic mass is 28.1. The molecular weight excluding hydrogens is 128 g/mol. The number of aromatic nitrogens is 2. The van der Waals surface area contributed by atoms with Gasteiger partial charge in [0.15, 0.2) is 0 Å². The van der Waals surface area contributed by atoms with Gasteiger partial charge in [-0.1, -0.05) is 0 Å². The molecule has 0 aliphatic carbocycles. The molecule has 0 unspecified atom stereocenters. The largest absolute Gasteiger partial charge is 0.335 e. The third-order valence-corrected chi connectivity index (χ3v) is 1.46. The summed E-state index contributed by atoms with van der Waals surface area (Å²) in [5.74, 6) is 0. The molecule has 47 valence electrons. The monoisotopic (exact) mass is 137 g/mol. The van der Waals surface area contributed by atoms with Crippen LogP contribution in [-0.2, 0) is 0 Å².